The Morgan fingerprint density at radius 2 is 1.79 bits per heavy atom. The molecule has 2 N–H and O–H groups in total. The van der Waals surface area contributed by atoms with Crippen LogP contribution in [0.4, 0.5) is 14.5 Å². The van der Waals surface area contributed by atoms with Gasteiger partial charge in [0.05, 0.1) is 23.7 Å². The molecule has 0 radical (unpaired) electrons. The van der Waals surface area contributed by atoms with Gasteiger partial charge < -0.3 is 15.1 Å². The summed E-state index contributed by atoms with van der Waals surface area (Å²) < 4.78 is 32.6. The number of carbonyl (C=O) groups excluding carboxylic acids is 2. The Hall–Kier alpha value is -4.51. The van der Waals surface area contributed by atoms with Crippen LogP contribution in [0.15, 0.2) is 65.1 Å². The molecule has 200 valence electrons. The van der Waals surface area contributed by atoms with Crippen LogP contribution in [0.5, 0.6) is 0 Å². The number of nitrogens with one attached hydrogen (secondary N) is 2. The molecule has 8 heteroatoms. The molecule has 1 aromatic heterocycles. The smallest absolute Gasteiger partial charge is 0.255 e. The standard InChI is InChI=1S/C31H29F2N3O3/c1-31(2,18-34)17-26(37)21-7-4-6-20(14-21)23-15-24-27(16-25(23)36-13-5-12-32)39-29(28(24)30(38)35-3)19-8-10-22(33)11-9-19/h4,6-11,14-16,36H,5,12-13,17H2,1-3H3,(H,35,38). The predicted molar refractivity (Wildman–Crippen MR) is 148 cm³/mol. The number of benzene rings is 3. The molecule has 1 heterocycles. The lowest BCUT2D eigenvalue weighted by atomic mass is 9.86. The Morgan fingerprint density at radius 1 is 1.05 bits per heavy atom. The monoisotopic (exact) mass is 529 g/mol. The molecule has 6 nitrogen and oxygen atoms in total. The van der Waals surface area contributed by atoms with Gasteiger partial charge in [-0.2, -0.15) is 5.26 Å². The second kappa shape index (κ2) is 11.5. The number of amides is 1. The summed E-state index contributed by atoms with van der Waals surface area (Å²) in [6.07, 6.45) is 0.360. The highest BCUT2D eigenvalue weighted by Gasteiger charge is 2.25. The molecule has 39 heavy (non-hydrogen) atoms. The molecule has 0 aliphatic carbocycles. The quantitative estimate of drug-likeness (QED) is 0.168. The molecule has 0 aliphatic rings. The maximum atomic E-state index is 13.6. The summed E-state index contributed by atoms with van der Waals surface area (Å²) in [6, 6.07) is 18.4. The van der Waals surface area contributed by atoms with Crippen molar-refractivity contribution in [3.63, 3.8) is 0 Å². The van der Waals surface area contributed by atoms with Gasteiger partial charge in [0.15, 0.2) is 5.78 Å². The first kappa shape index (κ1) is 27.5. The molecule has 3 aromatic carbocycles. The third kappa shape index (κ3) is 5.99. The minimum Gasteiger partial charge on any atom is -0.455 e. The number of Topliss-reactive ketones (excluding diaryl/α,β-unsaturated/α-hetero) is 1. The molecule has 0 spiro atoms. The molecule has 0 bridgehead atoms. The number of hydrogen-bond acceptors (Lipinski definition) is 5. The summed E-state index contributed by atoms with van der Waals surface area (Å²) in [7, 11) is 1.52. The summed E-state index contributed by atoms with van der Waals surface area (Å²) in [6.45, 7) is 3.30. The average Bonchev–Trinajstić information content (AvgIpc) is 3.31. The van der Waals surface area contributed by atoms with E-state index in [9.17, 15) is 23.6 Å². The number of alkyl halides is 1. The molecule has 0 fully saturated rings. The second-order valence-electron chi connectivity index (χ2n) is 9.93. The molecule has 1 amide bonds. The van der Waals surface area contributed by atoms with Gasteiger partial charge in [0.2, 0.25) is 0 Å². The number of anilines is 1. The van der Waals surface area contributed by atoms with Crippen molar-refractivity contribution >= 4 is 28.3 Å². The number of carbonyl (C=O) groups is 2. The Kier molecular flexibility index (Phi) is 8.10. The minimum atomic E-state index is -0.805. The highest BCUT2D eigenvalue weighted by Crippen LogP contribution is 2.40. The van der Waals surface area contributed by atoms with E-state index in [-0.39, 0.29) is 18.1 Å². The van der Waals surface area contributed by atoms with E-state index in [2.05, 4.69) is 16.7 Å². The van der Waals surface area contributed by atoms with Crippen molar-refractivity contribution in [3.8, 4) is 28.5 Å². The zero-order chi connectivity index (χ0) is 28.2. The van der Waals surface area contributed by atoms with Crippen LogP contribution in [0.3, 0.4) is 0 Å². The fourth-order valence-corrected chi connectivity index (χ4v) is 4.38. The molecule has 0 aliphatic heterocycles. The van der Waals surface area contributed by atoms with E-state index in [1.807, 2.05) is 6.07 Å². The Labute approximate surface area is 225 Å². The van der Waals surface area contributed by atoms with Gasteiger partial charge in [0.25, 0.3) is 5.91 Å². The highest BCUT2D eigenvalue weighted by molar-refractivity contribution is 6.13. The first-order chi connectivity index (χ1) is 18.7. The van der Waals surface area contributed by atoms with Gasteiger partial charge in [0, 0.05) is 53.8 Å². The zero-order valence-electron chi connectivity index (χ0n) is 22.0. The SMILES string of the molecule is CNC(=O)c1c(-c2ccc(F)cc2)oc2cc(NCCCF)c(-c3cccc(C(=O)CC(C)(C)C#N)c3)cc12. The van der Waals surface area contributed by atoms with Gasteiger partial charge in [-0.15, -0.1) is 0 Å². The summed E-state index contributed by atoms with van der Waals surface area (Å²) in [5.41, 5.74) is 2.92. The lowest BCUT2D eigenvalue weighted by Crippen LogP contribution is -2.18. The summed E-state index contributed by atoms with van der Waals surface area (Å²) in [5.74, 6) is -0.659. The van der Waals surface area contributed by atoms with Crippen molar-refractivity contribution < 1.29 is 22.8 Å². The molecule has 4 rings (SSSR count). The zero-order valence-corrected chi connectivity index (χ0v) is 22.0. The van der Waals surface area contributed by atoms with Crippen LogP contribution in [-0.2, 0) is 0 Å². The molecule has 4 aromatic rings. The maximum absolute atomic E-state index is 13.6. The number of fused-ring (bicyclic) bond motifs is 1. The van der Waals surface area contributed by atoms with Crippen molar-refractivity contribution in [2.45, 2.75) is 26.7 Å². The predicted octanol–water partition coefficient (Wildman–Crippen LogP) is 7.16. The van der Waals surface area contributed by atoms with E-state index in [1.165, 1.54) is 19.2 Å². The first-order valence-corrected chi connectivity index (χ1v) is 12.6. The third-order valence-electron chi connectivity index (χ3n) is 6.42. The van der Waals surface area contributed by atoms with Crippen LogP contribution in [0.2, 0.25) is 0 Å². The van der Waals surface area contributed by atoms with Crippen LogP contribution >= 0.6 is 0 Å². The molecular weight excluding hydrogens is 500 g/mol. The van der Waals surface area contributed by atoms with Crippen molar-refractivity contribution in [1.82, 2.24) is 5.32 Å². The fourth-order valence-electron chi connectivity index (χ4n) is 4.38. The molecular formula is C31H29F2N3O3. The van der Waals surface area contributed by atoms with Gasteiger partial charge in [-0.1, -0.05) is 18.2 Å². The van der Waals surface area contributed by atoms with Gasteiger partial charge in [-0.05, 0) is 62.2 Å². The van der Waals surface area contributed by atoms with Crippen LogP contribution in [0.25, 0.3) is 33.4 Å². The van der Waals surface area contributed by atoms with Crippen LogP contribution < -0.4 is 10.6 Å². The Bertz CT molecular complexity index is 1570. The third-order valence-corrected chi connectivity index (χ3v) is 6.42. The van der Waals surface area contributed by atoms with E-state index in [4.69, 9.17) is 4.42 Å². The molecule has 0 atom stereocenters. The van der Waals surface area contributed by atoms with E-state index in [1.54, 1.807) is 56.3 Å². The maximum Gasteiger partial charge on any atom is 0.255 e. The Morgan fingerprint density at radius 3 is 2.46 bits per heavy atom. The van der Waals surface area contributed by atoms with Crippen molar-refractivity contribution in [2.75, 3.05) is 25.6 Å². The number of halogens is 2. The molecule has 0 saturated heterocycles. The lowest BCUT2D eigenvalue weighted by molar-refractivity contribution is 0.0948. The van der Waals surface area contributed by atoms with Crippen LogP contribution in [0, 0.1) is 22.6 Å². The van der Waals surface area contributed by atoms with Crippen molar-refractivity contribution in [2.24, 2.45) is 5.41 Å². The van der Waals surface area contributed by atoms with Crippen molar-refractivity contribution in [3.05, 3.63) is 77.6 Å². The fraction of sp³-hybridized carbons (Fsp3) is 0.258. The van der Waals surface area contributed by atoms with Gasteiger partial charge in [0.1, 0.15) is 17.2 Å². The number of nitrogens with zero attached hydrogens (tertiary/aromatic N) is 1. The van der Waals surface area contributed by atoms with Gasteiger partial charge in [-0.3, -0.25) is 14.0 Å². The highest BCUT2D eigenvalue weighted by atomic mass is 19.1. The molecule has 0 unspecified atom stereocenters. The number of hydrogen-bond donors (Lipinski definition) is 2. The van der Waals surface area contributed by atoms with Crippen LogP contribution in [-0.4, -0.2) is 32.0 Å². The van der Waals surface area contributed by atoms with Crippen molar-refractivity contribution in [1.29, 1.82) is 5.26 Å². The van der Waals surface area contributed by atoms with Crippen LogP contribution in [0.1, 0.15) is 47.4 Å². The minimum absolute atomic E-state index is 0.0666. The normalized spacial score (nSPS) is 11.3. The topological polar surface area (TPSA) is 95.1 Å². The average molecular weight is 530 g/mol. The second-order valence-corrected chi connectivity index (χ2v) is 9.93. The van der Waals surface area contributed by atoms with Gasteiger partial charge >= 0.3 is 0 Å². The number of ketones is 1. The number of furan rings is 1. The summed E-state index contributed by atoms with van der Waals surface area (Å²) in [5, 5.41) is 15.8. The molecule has 0 saturated carbocycles. The Balaban J connectivity index is 1.90. The largest absolute Gasteiger partial charge is 0.455 e. The van der Waals surface area contributed by atoms with E-state index in [0.29, 0.717) is 63.2 Å². The van der Waals surface area contributed by atoms with E-state index in [0.717, 1.165) is 0 Å². The summed E-state index contributed by atoms with van der Waals surface area (Å²) >= 11 is 0. The summed E-state index contributed by atoms with van der Waals surface area (Å²) in [4.78, 5) is 26.0. The van der Waals surface area contributed by atoms with E-state index < -0.39 is 17.9 Å². The number of nitriles is 1. The lowest BCUT2D eigenvalue weighted by Gasteiger charge is -2.15. The first-order valence-electron chi connectivity index (χ1n) is 12.6. The number of rotatable bonds is 10. The van der Waals surface area contributed by atoms with E-state index >= 15 is 0 Å². The van der Waals surface area contributed by atoms with Gasteiger partial charge in [-0.25, -0.2) is 4.39 Å².